The van der Waals surface area contributed by atoms with Crippen molar-refractivity contribution in [2.45, 2.75) is 0 Å². The van der Waals surface area contributed by atoms with Crippen LogP contribution in [-0.2, 0) is 0 Å². The second-order valence-electron chi connectivity index (χ2n) is 4.95. The molecule has 1 heterocycles. The number of rotatable bonds is 2. The molecule has 0 unspecified atom stereocenters. The molecule has 0 bridgehead atoms. The molecule has 1 aromatic heterocycles. The molecule has 4 N–H and O–H groups in total. The molecule has 122 valence electrons. The Morgan fingerprint density at radius 2 is 1.75 bits per heavy atom. The van der Waals surface area contributed by atoms with Crippen molar-refractivity contribution < 1.29 is 14.0 Å². The Balaban J connectivity index is 1.59. The first-order chi connectivity index (χ1) is 11.5. The van der Waals surface area contributed by atoms with Gasteiger partial charge in [-0.3, -0.25) is 10.2 Å². The Hall–Kier alpha value is -3.06. The molecular formula is C16H12ClFN4O2. The summed E-state index contributed by atoms with van der Waals surface area (Å²) in [4.78, 5) is 26.6. The number of amides is 3. The molecule has 0 saturated carbocycles. The Bertz CT molecular complexity index is 908. The molecule has 3 aromatic rings. The molecule has 8 heteroatoms. The molecule has 0 aliphatic carbocycles. The van der Waals surface area contributed by atoms with E-state index >= 15 is 0 Å². The molecular weight excluding hydrogens is 335 g/mol. The highest BCUT2D eigenvalue weighted by Crippen LogP contribution is 2.19. The zero-order valence-corrected chi connectivity index (χ0v) is 12.9. The summed E-state index contributed by atoms with van der Waals surface area (Å²) in [6.45, 7) is 0. The summed E-state index contributed by atoms with van der Waals surface area (Å²) >= 11 is 5.89. The predicted molar refractivity (Wildman–Crippen MR) is 89.3 cm³/mol. The Morgan fingerprint density at radius 3 is 2.50 bits per heavy atom. The molecule has 6 nitrogen and oxygen atoms in total. The van der Waals surface area contributed by atoms with E-state index in [0.29, 0.717) is 10.7 Å². The fourth-order valence-electron chi connectivity index (χ4n) is 2.10. The van der Waals surface area contributed by atoms with Gasteiger partial charge in [-0.05, 0) is 48.5 Å². The van der Waals surface area contributed by atoms with Crippen LogP contribution in [-0.4, -0.2) is 16.9 Å². The van der Waals surface area contributed by atoms with Crippen LogP contribution in [0.4, 0.5) is 14.9 Å². The van der Waals surface area contributed by atoms with Gasteiger partial charge in [0.1, 0.15) is 11.5 Å². The van der Waals surface area contributed by atoms with Crippen molar-refractivity contribution in [3.63, 3.8) is 0 Å². The third kappa shape index (κ3) is 3.64. The van der Waals surface area contributed by atoms with E-state index in [0.717, 1.165) is 10.9 Å². The van der Waals surface area contributed by atoms with Gasteiger partial charge in [0.15, 0.2) is 0 Å². The number of urea groups is 1. The van der Waals surface area contributed by atoms with E-state index in [-0.39, 0.29) is 5.69 Å². The van der Waals surface area contributed by atoms with E-state index < -0.39 is 17.8 Å². The number of carbonyl (C=O) groups is 2. The molecule has 0 aliphatic rings. The van der Waals surface area contributed by atoms with Gasteiger partial charge in [0.25, 0.3) is 5.91 Å². The molecule has 0 aliphatic heterocycles. The molecule has 0 spiro atoms. The van der Waals surface area contributed by atoms with Crippen LogP contribution in [0, 0.1) is 5.82 Å². The van der Waals surface area contributed by atoms with Crippen LogP contribution >= 0.6 is 11.6 Å². The lowest BCUT2D eigenvalue weighted by Gasteiger charge is -2.08. The fraction of sp³-hybridized carbons (Fsp3) is 0. The van der Waals surface area contributed by atoms with E-state index in [2.05, 4.69) is 21.2 Å². The summed E-state index contributed by atoms with van der Waals surface area (Å²) < 4.78 is 12.8. The third-order valence-electron chi connectivity index (χ3n) is 3.22. The number of halogens is 2. The molecule has 0 atom stereocenters. The lowest BCUT2D eigenvalue weighted by Crippen LogP contribution is -2.44. The number of fused-ring (bicyclic) bond motifs is 1. The van der Waals surface area contributed by atoms with Crippen molar-refractivity contribution in [2.75, 3.05) is 5.32 Å². The standard InChI is InChI=1S/C16H12ClFN4O2/c17-10-1-6-13-9(7-10)8-14(20-13)15(23)21-22-16(24)19-12-4-2-11(18)3-5-12/h1-8,20H,(H,21,23)(H2,19,22,24). The zero-order chi connectivity index (χ0) is 17.1. The number of hydrazine groups is 1. The van der Waals surface area contributed by atoms with Crippen molar-refractivity contribution in [3.8, 4) is 0 Å². The Kier molecular flexibility index (Phi) is 4.35. The third-order valence-corrected chi connectivity index (χ3v) is 3.45. The maximum absolute atomic E-state index is 12.8. The number of hydrogen-bond acceptors (Lipinski definition) is 2. The van der Waals surface area contributed by atoms with E-state index in [4.69, 9.17) is 11.6 Å². The summed E-state index contributed by atoms with van der Waals surface area (Å²) in [5, 5.41) is 3.79. The number of aromatic amines is 1. The van der Waals surface area contributed by atoms with Crippen molar-refractivity contribution in [1.82, 2.24) is 15.8 Å². The van der Waals surface area contributed by atoms with Crippen LogP contribution < -0.4 is 16.2 Å². The van der Waals surface area contributed by atoms with Gasteiger partial charge in [-0.15, -0.1) is 0 Å². The summed E-state index contributed by atoms with van der Waals surface area (Å²) in [7, 11) is 0. The van der Waals surface area contributed by atoms with Crippen molar-refractivity contribution in [1.29, 1.82) is 0 Å². The highest BCUT2D eigenvalue weighted by Gasteiger charge is 2.11. The molecule has 2 aromatic carbocycles. The minimum atomic E-state index is -0.658. The van der Waals surface area contributed by atoms with E-state index in [1.165, 1.54) is 24.3 Å². The number of anilines is 1. The topological polar surface area (TPSA) is 86.0 Å². The number of benzene rings is 2. The second-order valence-corrected chi connectivity index (χ2v) is 5.39. The molecule has 0 fully saturated rings. The van der Waals surface area contributed by atoms with Crippen LogP contribution in [0.15, 0.2) is 48.5 Å². The van der Waals surface area contributed by atoms with Crippen LogP contribution in [0.25, 0.3) is 10.9 Å². The summed E-state index contributed by atoms with van der Waals surface area (Å²) in [6, 6.07) is 11.4. The van der Waals surface area contributed by atoms with Gasteiger partial charge in [-0.25, -0.2) is 14.6 Å². The second kappa shape index (κ2) is 6.59. The average Bonchev–Trinajstić information content (AvgIpc) is 2.98. The van der Waals surface area contributed by atoms with Gasteiger partial charge in [0.2, 0.25) is 0 Å². The van der Waals surface area contributed by atoms with E-state index in [1.54, 1.807) is 24.3 Å². The molecule has 3 rings (SSSR count). The van der Waals surface area contributed by atoms with Gasteiger partial charge in [0, 0.05) is 21.6 Å². The quantitative estimate of drug-likeness (QED) is 0.536. The van der Waals surface area contributed by atoms with Crippen molar-refractivity contribution in [3.05, 3.63) is 65.1 Å². The van der Waals surface area contributed by atoms with Gasteiger partial charge < -0.3 is 10.3 Å². The predicted octanol–water partition coefficient (Wildman–Crippen LogP) is 3.43. The number of H-pyrrole nitrogens is 1. The number of carbonyl (C=O) groups excluding carboxylic acids is 2. The van der Waals surface area contributed by atoms with E-state index in [1.807, 2.05) is 0 Å². The molecule has 24 heavy (non-hydrogen) atoms. The fourth-order valence-corrected chi connectivity index (χ4v) is 2.28. The first kappa shape index (κ1) is 15.8. The molecule has 0 saturated heterocycles. The normalized spacial score (nSPS) is 10.4. The lowest BCUT2D eigenvalue weighted by molar-refractivity contribution is 0.0933. The number of aromatic nitrogens is 1. The summed E-state index contributed by atoms with van der Waals surface area (Å²) in [6.07, 6.45) is 0. The van der Waals surface area contributed by atoms with Gasteiger partial charge in [-0.2, -0.15) is 0 Å². The monoisotopic (exact) mass is 346 g/mol. The zero-order valence-electron chi connectivity index (χ0n) is 12.2. The van der Waals surface area contributed by atoms with Gasteiger partial charge in [-0.1, -0.05) is 11.6 Å². The maximum atomic E-state index is 12.8. The van der Waals surface area contributed by atoms with Gasteiger partial charge in [0.05, 0.1) is 0 Å². The number of hydrogen-bond donors (Lipinski definition) is 4. The highest BCUT2D eigenvalue weighted by atomic mass is 35.5. The first-order valence-electron chi connectivity index (χ1n) is 6.92. The average molecular weight is 347 g/mol. The SMILES string of the molecule is O=C(NNC(=O)c1cc2cc(Cl)ccc2[nH]1)Nc1ccc(F)cc1. The van der Waals surface area contributed by atoms with E-state index in [9.17, 15) is 14.0 Å². The molecule has 0 radical (unpaired) electrons. The summed E-state index contributed by atoms with van der Waals surface area (Å²) in [5.74, 6) is -0.926. The largest absolute Gasteiger partial charge is 0.350 e. The van der Waals surface area contributed by atoms with Crippen LogP contribution in [0.2, 0.25) is 5.02 Å². The first-order valence-corrected chi connectivity index (χ1v) is 7.30. The van der Waals surface area contributed by atoms with Crippen molar-refractivity contribution >= 4 is 40.1 Å². The Morgan fingerprint density at radius 1 is 1.00 bits per heavy atom. The summed E-state index contributed by atoms with van der Waals surface area (Å²) in [5.41, 5.74) is 5.89. The van der Waals surface area contributed by atoms with Crippen LogP contribution in [0.5, 0.6) is 0 Å². The molecule has 3 amide bonds. The Labute approximate surface area is 141 Å². The maximum Gasteiger partial charge on any atom is 0.337 e. The number of nitrogens with one attached hydrogen (secondary N) is 4. The van der Waals surface area contributed by atoms with Gasteiger partial charge >= 0.3 is 6.03 Å². The smallest absolute Gasteiger partial charge is 0.337 e. The van der Waals surface area contributed by atoms with Crippen molar-refractivity contribution in [2.24, 2.45) is 0 Å². The van der Waals surface area contributed by atoms with Crippen LogP contribution in [0.3, 0.4) is 0 Å². The minimum absolute atomic E-state index is 0.273. The minimum Gasteiger partial charge on any atom is -0.350 e. The highest BCUT2D eigenvalue weighted by molar-refractivity contribution is 6.31. The van der Waals surface area contributed by atoms with Crippen LogP contribution in [0.1, 0.15) is 10.5 Å². The lowest BCUT2D eigenvalue weighted by atomic mass is 10.2.